The standard InChI is InChI=1S/C12H16O5S/c13-8-2-1-3-12(14)17-11-6-4-10(5-7-11)9-18(15)16/h4-7,13H,1-3,8-9H2,(H,15,16). The van der Waals surface area contributed by atoms with Crippen LogP contribution in [-0.2, 0) is 21.6 Å². The molecule has 0 saturated heterocycles. The van der Waals surface area contributed by atoms with Crippen LogP contribution >= 0.6 is 0 Å². The molecule has 0 bridgehead atoms. The summed E-state index contributed by atoms with van der Waals surface area (Å²) in [6.07, 6.45) is 1.44. The average molecular weight is 272 g/mol. The molecule has 1 rings (SSSR count). The third-order valence-corrected chi connectivity index (χ3v) is 2.81. The molecular formula is C12H16O5S. The minimum atomic E-state index is -1.87. The Morgan fingerprint density at radius 3 is 2.44 bits per heavy atom. The number of carbonyl (C=O) groups is 1. The number of aliphatic hydroxyl groups excluding tert-OH is 1. The van der Waals surface area contributed by atoms with Gasteiger partial charge in [0.05, 0.1) is 5.75 Å². The van der Waals surface area contributed by atoms with Gasteiger partial charge in [-0.25, -0.2) is 4.21 Å². The highest BCUT2D eigenvalue weighted by Crippen LogP contribution is 2.14. The van der Waals surface area contributed by atoms with Gasteiger partial charge < -0.3 is 14.4 Å². The quantitative estimate of drug-likeness (QED) is 0.340. The van der Waals surface area contributed by atoms with E-state index in [2.05, 4.69) is 0 Å². The predicted molar refractivity (Wildman–Crippen MR) is 67.5 cm³/mol. The Bertz CT molecular complexity index is 401. The number of carbonyl (C=O) groups excluding carboxylic acids is 1. The lowest BCUT2D eigenvalue weighted by Crippen LogP contribution is -2.07. The van der Waals surface area contributed by atoms with Gasteiger partial charge in [0, 0.05) is 13.0 Å². The molecule has 0 amide bonds. The van der Waals surface area contributed by atoms with Gasteiger partial charge in [-0.1, -0.05) is 12.1 Å². The highest BCUT2D eigenvalue weighted by molar-refractivity contribution is 7.78. The van der Waals surface area contributed by atoms with E-state index in [-0.39, 0.29) is 24.7 Å². The highest BCUT2D eigenvalue weighted by atomic mass is 32.2. The van der Waals surface area contributed by atoms with E-state index in [1.807, 2.05) is 0 Å². The fourth-order valence-electron chi connectivity index (χ4n) is 1.36. The minimum Gasteiger partial charge on any atom is -0.427 e. The normalized spacial score (nSPS) is 12.1. The fraction of sp³-hybridized carbons (Fsp3) is 0.417. The van der Waals surface area contributed by atoms with Crippen LogP contribution in [0.5, 0.6) is 5.75 Å². The molecule has 5 nitrogen and oxygen atoms in total. The number of benzene rings is 1. The van der Waals surface area contributed by atoms with Crippen molar-refractivity contribution in [3.8, 4) is 5.75 Å². The second-order valence-electron chi connectivity index (χ2n) is 3.76. The van der Waals surface area contributed by atoms with Gasteiger partial charge in [-0.05, 0) is 30.5 Å². The lowest BCUT2D eigenvalue weighted by atomic mass is 10.2. The Kier molecular flexibility index (Phi) is 6.56. The van der Waals surface area contributed by atoms with Crippen molar-refractivity contribution in [1.82, 2.24) is 0 Å². The Hall–Kier alpha value is -1.24. The summed E-state index contributed by atoms with van der Waals surface area (Å²) < 4.78 is 24.4. The third kappa shape index (κ3) is 5.90. The molecule has 1 unspecified atom stereocenters. The van der Waals surface area contributed by atoms with E-state index in [4.69, 9.17) is 14.4 Å². The Morgan fingerprint density at radius 2 is 1.89 bits per heavy atom. The number of hydrogen-bond donors (Lipinski definition) is 2. The average Bonchev–Trinajstić information content (AvgIpc) is 2.31. The summed E-state index contributed by atoms with van der Waals surface area (Å²) >= 11 is -1.87. The minimum absolute atomic E-state index is 0.0602. The van der Waals surface area contributed by atoms with Crippen LogP contribution in [0.15, 0.2) is 24.3 Å². The van der Waals surface area contributed by atoms with Crippen molar-refractivity contribution in [3.05, 3.63) is 29.8 Å². The molecule has 0 fully saturated rings. The first-order valence-corrected chi connectivity index (χ1v) is 6.87. The number of esters is 1. The van der Waals surface area contributed by atoms with Crippen LogP contribution in [-0.4, -0.2) is 26.4 Å². The van der Waals surface area contributed by atoms with Gasteiger partial charge in [0.15, 0.2) is 11.1 Å². The fourth-order valence-corrected chi connectivity index (χ4v) is 1.84. The summed E-state index contributed by atoms with van der Waals surface area (Å²) in [7, 11) is 0. The molecule has 0 saturated carbocycles. The van der Waals surface area contributed by atoms with Crippen LogP contribution in [0.25, 0.3) is 0 Å². The SMILES string of the molecule is O=C(CCCCO)Oc1ccc(CS(=O)O)cc1. The van der Waals surface area contributed by atoms with Crippen molar-refractivity contribution >= 4 is 17.0 Å². The molecule has 1 aromatic carbocycles. The highest BCUT2D eigenvalue weighted by Gasteiger charge is 2.05. The summed E-state index contributed by atoms with van der Waals surface area (Å²) in [5, 5.41) is 8.57. The second kappa shape index (κ2) is 7.97. The van der Waals surface area contributed by atoms with Crippen LogP contribution in [0.3, 0.4) is 0 Å². The van der Waals surface area contributed by atoms with Gasteiger partial charge in [0.1, 0.15) is 5.75 Å². The van der Waals surface area contributed by atoms with Crippen molar-refractivity contribution in [2.24, 2.45) is 0 Å². The molecule has 0 spiro atoms. The maximum Gasteiger partial charge on any atom is 0.311 e. The van der Waals surface area contributed by atoms with Crippen molar-refractivity contribution in [2.75, 3.05) is 6.61 Å². The van der Waals surface area contributed by atoms with Crippen LogP contribution in [0, 0.1) is 0 Å². The van der Waals surface area contributed by atoms with Crippen LogP contribution in [0.1, 0.15) is 24.8 Å². The number of unbranched alkanes of at least 4 members (excludes halogenated alkanes) is 1. The van der Waals surface area contributed by atoms with Crippen molar-refractivity contribution in [2.45, 2.75) is 25.0 Å². The third-order valence-electron chi connectivity index (χ3n) is 2.23. The van der Waals surface area contributed by atoms with E-state index >= 15 is 0 Å². The predicted octanol–water partition coefficient (Wildman–Crippen LogP) is 1.48. The number of aliphatic hydroxyl groups is 1. The zero-order valence-corrected chi connectivity index (χ0v) is 10.7. The van der Waals surface area contributed by atoms with E-state index in [1.165, 1.54) is 0 Å². The number of ether oxygens (including phenoxy) is 1. The van der Waals surface area contributed by atoms with Gasteiger partial charge in [-0.2, -0.15) is 0 Å². The molecule has 1 atom stereocenters. The lowest BCUT2D eigenvalue weighted by Gasteiger charge is -2.04. The lowest BCUT2D eigenvalue weighted by molar-refractivity contribution is -0.134. The Balaban J connectivity index is 2.43. The van der Waals surface area contributed by atoms with Crippen molar-refractivity contribution in [1.29, 1.82) is 0 Å². The summed E-state index contributed by atoms with van der Waals surface area (Å²) in [4.78, 5) is 11.4. The maximum atomic E-state index is 11.4. The van der Waals surface area contributed by atoms with E-state index in [0.29, 0.717) is 24.2 Å². The van der Waals surface area contributed by atoms with Crippen molar-refractivity contribution < 1.29 is 23.4 Å². The van der Waals surface area contributed by atoms with Gasteiger partial charge in [0.2, 0.25) is 0 Å². The summed E-state index contributed by atoms with van der Waals surface area (Å²) in [6.45, 7) is 0.0697. The molecular weight excluding hydrogens is 256 g/mol. The van der Waals surface area contributed by atoms with E-state index in [1.54, 1.807) is 24.3 Å². The molecule has 0 heterocycles. The first-order chi connectivity index (χ1) is 8.61. The maximum absolute atomic E-state index is 11.4. The van der Waals surface area contributed by atoms with E-state index < -0.39 is 11.1 Å². The molecule has 18 heavy (non-hydrogen) atoms. The molecule has 0 aliphatic carbocycles. The first-order valence-electron chi connectivity index (χ1n) is 5.59. The molecule has 2 N–H and O–H groups in total. The van der Waals surface area contributed by atoms with Crippen LogP contribution < -0.4 is 4.74 Å². The van der Waals surface area contributed by atoms with Gasteiger partial charge in [-0.3, -0.25) is 4.79 Å². The summed E-state index contributed by atoms with van der Waals surface area (Å²) in [5.41, 5.74) is 0.705. The summed E-state index contributed by atoms with van der Waals surface area (Å²) in [5.74, 6) is 0.128. The van der Waals surface area contributed by atoms with E-state index in [9.17, 15) is 9.00 Å². The van der Waals surface area contributed by atoms with Gasteiger partial charge in [0.25, 0.3) is 0 Å². The van der Waals surface area contributed by atoms with Crippen LogP contribution in [0.4, 0.5) is 0 Å². The Morgan fingerprint density at radius 1 is 1.22 bits per heavy atom. The molecule has 1 aromatic rings. The molecule has 0 aliphatic rings. The molecule has 6 heteroatoms. The largest absolute Gasteiger partial charge is 0.427 e. The number of hydrogen-bond acceptors (Lipinski definition) is 4. The zero-order chi connectivity index (χ0) is 13.4. The summed E-state index contributed by atoms with van der Waals surface area (Å²) in [6, 6.07) is 6.47. The van der Waals surface area contributed by atoms with Gasteiger partial charge >= 0.3 is 5.97 Å². The smallest absolute Gasteiger partial charge is 0.311 e. The monoisotopic (exact) mass is 272 g/mol. The topological polar surface area (TPSA) is 83.8 Å². The molecule has 0 aromatic heterocycles. The van der Waals surface area contributed by atoms with E-state index in [0.717, 1.165) is 0 Å². The molecule has 100 valence electrons. The second-order valence-corrected chi connectivity index (χ2v) is 4.70. The molecule has 0 radical (unpaired) electrons. The number of rotatable bonds is 7. The zero-order valence-electron chi connectivity index (χ0n) is 9.87. The van der Waals surface area contributed by atoms with Crippen molar-refractivity contribution in [3.63, 3.8) is 0 Å². The Labute approximate surface area is 108 Å². The van der Waals surface area contributed by atoms with Crippen LogP contribution in [0.2, 0.25) is 0 Å². The van der Waals surface area contributed by atoms with Gasteiger partial charge in [-0.15, -0.1) is 0 Å². The molecule has 0 aliphatic heterocycles. The first kappa shape index (κ1) is 14.8.